The fraction of sp³-hybridized carbons (Fsp3) is 0.385. The molecule has 0 fully saturated rings. The van der Waals surface area contributed by atoms with Crippen LogP contribution in [-0.4, -0.2) is 29.5 Å². The van der Waals surface area contributed by atoms with Gasteiger partial charge in [0.05, 0.1) is 0 Å². The van der Waals surface area contributed by atoms with Gasteiger partial charge >= 0.3 is 0 Å². The summed E-state index contributed by atoms with van der Waals surface area (Å²) in [4.78, 5) is 1.98. The van der Waals surface area contributed by atoms with Crippen LogP contribution in [0.1, 0.15) is 17.2 Å². The van der Waals surface area contributed by atoms with Crippen molar-refractivity contribution in [2.24, 2.45) is 5.73 Å². The quantitative estimate of drug-likeness (QED) is 0.941. The molecule has 0 saturated carbocycles. The first-order chi connectivity index (χ1) is 9.15. The lowest BCUT2D eigenvalue weighted by Gasteiger charge is -2.13. The normalized spacial score (nSPS) is 21.4. The first kappa shape index (κ1) is 12.9. The Morgan fingerprint density at radius 2 is 2.11 bits per heavy atom. The molecule has 1 aliphatic rings. The minimum Gasteiger partial charge on any atom is -0.353 e. The van der Waals surface area contributed by atoms with Crippen molar-refractivity contribution in [3.8, 4) is 0 Å². The lowest BCUT2D eigenvalue weighted by Crippen LogP contribution is -2.18. The standard InChI is InChI=1S/C13H16N4S2/c1-17(2)12-15-16-13(19-12)18-10-7-8-5-3-4-6-9(8)11(10)14/h3-6,10-11H,7,14H2,1-2H3. The summed E-state index contributed by atoms with van der Waals surface area (Å²) in [5.74, 6) is 0. The number of anilines is 1. The van der Waals surface area contributed by atoms with E-state index in [1.807, 2.05) is 19.0 Å². The number of fused-ring (bicyclic) bond motifs is 1. The van der Waals surface area contributed by atoms with Gasteiger partial charge in [-0.05, 0) is 17.5 Å². The zero-order chi connectivity index (χ0) is 13.4. The summed E-state index contributed by atoms with van der Waals surface area (Å²) in [6, 6.07) is 8.52. The molecule has 2 atom stereocenters. The minimum atomic E-state index is 0.0907. The van der Waals surface area contributed by atoms with Gasteiger partial charge in [-0.3, -0.25) is 0 Å². The molecule has 0 amide bonds. The maximum absolute atomic E-state index is 6.33. The molecule has 0 aliphatic heterocycles. The summed E-state index contributed by atoms with van der Waals surface area (Å²) in [6.45, 7) is 0. The van der Waals surface area contributed by atoms with E-state index in [0.29, 0.717) is 5.25 Å². The summed E-state index contributed by atoms with van der Waals surface area (Å²) in [5.41, 5.74) is 8.97. The second-order valence-corrected chi connectivity index (χ2v) is 7.27. The van der Waals surface area contributed by atoms with Gasteiger partial charge in [-0.15, -0.1) is 10.2 Å². The summed E-state index contributed by atoms with van der Waals surface area (Å²) < 4.78 is 0.997. The Morgan fingerprint density at radius 3 is 2.79 bits per heavy atom. The Labute approximate surface area is 121 Å². The molecule has 2 aromatic rings. The predicted molar refractivity (Wildman–Crippen MR) is 81.0 cm³/mol. The summed E-state index contributed by atoms with van der Waals surface area (Å²) in [6.07, 6.45) is 1.01. The fourth-order valence-electron chi connectivity index (χ4n) is 2.26. The number of nitrogens with two attached hydrogens (primary N) is 1. The highest BCUT2D eigenvalue weighted by Gasteiger charge is 2.31. The number of benzene rings is 1. The van der Waals surface area contributed by atoms with Gasteiger partial charge in [0.15, 0.2) is 4.34 Å². The number of nitrogens with zero attached hydrogens (tertiary/aromatic N) is 3. The van der Waals surface area contributed by atoms with Crippen LogP contribution in [0, 0.1) is 0 Å². The van der Waals surface area contributed by atoms with Crippen molar-refractivity contribution in [1.29, 1.82) is 0 Å². The zero-order valence-electron chi connectivity index (χ0n) is 10.9. The van der Waals surface area contributed by atoms with Gasteiger partial charge in [-0.1, -0.05) is 47.4 Å². The molecule has 19 heavy (non-hydrogen) atoms. The smallest absolute Gasteiger partial charge is 0.208 e. The maximum atomic E-state index is 6.33. The molecule has 1 aliphatic carbocycles. The van der Waals surface area contributed by atoms with Crippen LogP contribution in [0.4, 0.5) is 5.13 Å². The van der Waals surface area contributed by atoms with Crippen LogP contribution in [0.2, 0.25) is 0 Å². The van der Waals surface area contributed by atoms with E-state index in [9.17, 15) is 0 Å². The van der Waals surface area contributed by atoms with Crippen LogP contribution < -0.4 is 10.6 Å². The SMILES string of the molecule is CN(C)c1nnc(SC2Cc3ccccc3C2N)s1. The average molecular weight is 292 g/mol. The zero-order valence-corrected chi connectivity index (χ0v) is 12.5. The Bertz CT molecular complexity index is 582. The summed E-state index contributed by atoms with van der Waals surface area (Å²) in [5, 5.41) is 9.70. The molecule has 0 spiro atoms. The van der Waals surface area contributed by atoms with Gasteiger partial charge in [0, 0.05) is 25.4 Å². The van der Waals surface area contributed by atoms with E-state index in [1.165, 1.54) is 11.1 Å². The van der Waals surface area contributed by atoms with Gasteiger partial charge in [-0.2, -0.15) is 0 Å². The summed E-state index contributed by atoms with van der Waals surface area (Å²) in [7, 11) is 3.96. The molecule has 1 aromatic carbocycles. The molecule has 1 aromatic heterocycles. The number of thioether (sulfide) groups is 1. The van der Waals surface area contributed by atoms with Gasteiger partial charge < -0.3 is 10.6 Å². The van der Waals surface area contributed by atoms with E-state index in [-0.39, 0.29) is 6.04 Å². The van der Waals surface area contributed by atoms with Crippen molar-refractivity contribution >= 4 is 28.2 Å². The Kier molecular flexibility index (Phi) is 3.47. The third kappa shape index (κ3) is 2.48. The van der Waals surface area contributed by atoms with E-state index in [4.69, 9.17) is 5.73 Å². The molecular formula is C13H16N4S2. The molecule has 2 N–H and O–H groups in total. The molecule has 1 heterocycles. The molecule has 3 rings (SSSR count). The van der Waals surface area contributed by atoms with Crippen molar-refractivity contribution in [2.45, 2.75) is 22.1 Å². The van der Waals surface area contributed by atoms with Crippen LogP contribution in [0.3, 0.4) is 0 Å². The molecule has 0 saturated heterocycles. The van der Waals surface area contributed by atoms with Crippen LogP contribution >= 0.6 is 23.1 Å². The molecule has 0 bridgehead atoms. The monoisotopic (exact) mass is 292 g/mol. The Hall–Kier alpha value is -1.11. The molecule has 2 unspecified atom stereocenters. The Morgan fingerprint density at radius 1 is 1.32 bits per heavy atom. The van der Waals surface area contributed by atoms with Crippen LogP contribution in [0.5, 0.6) is 0 Å². The first-order valence-electron chi connectivity index (χ1n) is 6.16. The van der Waals surface area contributed by atoms with Crippen molar-refractivity contribution in [1.82, 2.24) is 10.2 Å². The predicted octanol–water partition coefficient (Wildman–Crippen LogP) is 2.32. The van der Waals surface area contributed by atoms with Gasteiger partial charge in [0.25, 0.3) is 0 Å². The number of rotatable bonds is 3. The van der Waals surface area contributed by atoms with E-state index in [0.717, 1.165) is 15.9 Å². The van der Waals surface area contributed by atoms with E-state index >= 15 is 0 Å². The van der Waals surface area contributed by atoms with E-state index < -0.39 is 0 Å². The van der Waals surface area contributed by atoms with Crippen molar-refractivity contribution in [2.75, 3.05) is 19.0 Å². The van der Waals surface area contributed by atoms with Crippen LogP contribution in [0.15, 0.2) is 28.6 Å². The highest BCUT2D eigenvalue weighted by atomic mass is 32.2. The molecular weight excluding hydrogens is 276 g/mol. The van der Waals surface area contributed by atoms with Crippen LogP contribution in [-0.2, 0) is 6.42 Å². The highest BCUT2D eigenvalue weighted by Crippen LogP contribution is 2.41. The molecule has 100 valence electrons. The number of hydrogen-bond acceptors (Lipinski definition) is 6. The van der Waals surface area contributed by atoms with E-state index in [1.54, 1.807) is 23.1 Å². The lowest BCUT2D eigenvalue weighted by molar-refractivity contribution is 0.730. The van der Waals surface area contributed by atoms with Crippen molar-refractivity contribution < 1.29 is 0 Å². The van der Waals surface area contributed by atoms with Gasteiger partial charge in [-0.25, -0.2) is 0 Å². The average Bonchev–Trinajstić information content (AvgIpc) is 2.97. The lowest BCUT2D eigenvalue weighted by atomic mass is 10.1. The molecule has 6 heteroatoms. The highest BCUT2D eigenvalue weighted by molar-refractivity contribution is 8.01. The van der Waals surface area contributed by atoms with Gasteiger partial charge in [0.1, 0.15) is 0 Å². The largest absolute Gasteiger partial charge is 0.353 e. The topological polar surface area (TPSA) is 55.0 Å². The second-order valence-electron chi connectivity index (χ2n) is 4.83. The number of aromatic nitrogens is 2. The summed E-state index contributed by atoms with van der Waals surface area (Å²) >= 11 is 3.37. The van der Waals surface area contributed by atoms with Crippen molar-refractivity contribution in [3.63, 3.8) is 0 Å². The van der Waals surface area contributed by atoms with Crippen molar-refractivity contribution in [3.05, 3.63) is 35.4 Å². The Balaban J connectivity index is 1.75. The third-order valence-electron chi connectivity index (χ3n) is 3.27. The second kappa shape index (κ2) is 5.11. The van der Waals surface area contributed by atoms with Gasteiger partial charge in [0.2, 0.25) is 5.13 Å². The third-order valence-corrected chi connectivity index (χ3v) is 5.74. The minimum absolute atomic E-state index is 0.0907. The first-order valence-corrected chi connectivity index (χ1v) is 7.85. The maximum Gasteiger partial charge on any atom is 0.208 e. The molecule has 0 radical (unpaired) electrons. The van der Waals surface area contributed by atoms with E-state index in [2.05, 4.69) is 34.5 Å². The fourth-order valence-corrected chi connectivity index (χ4v) is 4.46. The van der Waals surface area contributed by atoms with Crippen LogP contribution in [0.25, 0.3) is 0 Å². The number of hydrogen-bond donors (Lipinski definition) is 1. The molecule has 4 nitrogen and oxygen atoms in total.